The van der Waals surface area contributed by atoms with Crippen molar-refractivity contribution in [2.75, 3.05) is 19.7 Å². The molecule has 0 saturated carbocycles. The van der Waals surface area contributed by atoms with Crippen molar-refractivity contribution in [2.45, 2.75) is 6.92 Å². The Kier molecular flexibility index (Phi) is 3.82. The molecule has 0 spiro atoms. The van der Waals surface area contributed by atoms with Crippen molar-refractivity contribution in [1.82, 2.24) is 9.91 Å². The Balaban J connectivity index is 1.60. The third-order valence-electron chi connectivity index (χ3n) is 3.40. The van der Waals surface area contributed by atoms with Gasteiger partial charge in [-0.2, -0.15) is 5.10 Å². The van der Waals surface area contributed by atoms with Crippen LogP contribution in [0.5, 0.6) is 5.75 Å². The molecule has 2 N–H and O–H groups in total. The van der Waals surface area contributed by atoms with Crippen molar-refractivity contribution < 1.29 is 9.53 Å². The Morgan fingerprint density at radius 1 is 1.36 bits per heavy atom. The molecule has 2 aliphatic heterocycles. The SMILES string of the molecule is Cc1cccc(OCCN2N=C3C=CC(N)=CN3CC2=O)c1. The van der Waals surface area contributed by atoms with Crippen molar-refractivity contribution >= 4 is 11.7 Å². The van der Waals surface area contributed by atoms with Crippen molar-refractivity contribution in [1.29, 1.82) is 0 Å². The lowest BCUT2D eigenvalue weighted by molar-refractivity contribution is -0.132. The number of carbonyl (C=O) groups is 1. The molecule has 2 heterocycles. The summed E-state index contributed by atoms with van der Waals surface area (Å²) in [5.41, 5.74) is 7.46. The molecular weight excluding hydrogens is 280 g/mol. The fraction of sp³-hybridized carbons (Fsp3) is 0.250. The maximum Gasteiger partial charge on any atom is 0.262 e. The van der Waals surface area contributed by atoms with E-state index in [0.29, 0.717) is 24.7 Å². The molecule has 1 aromatic rings. The maximum atomic E-state index is 12.1. The van der Waals surface area contributed by atoms with E-state index in [-0.39, 0.29) is 12.5 Å². The fourth-order valence-electron chi connectivity index (χ4n) is 2.31. The van der Waals surface area contributed by atoms with Crippen LogP contribution in [0.15, 0.2) is 53.4 Å². The first-order valence-corrected chi connectivity index (χ1v) is 7.12. The Morgan fingerprint density at radius 2 is 2.23 bits per heavy atom. The van der Waals surface area contributed by atoms with Gasteiger partial charge < -0.3 is 15.4 Å². The molecule has 0 atom stereocenters. The number of ether oxygens (including phenoxy) is 1. The summed E-state index contributed by atoms with van der Waals surface area (Å²) >= 11 is 0. The molecule has 6 nitrogen and oxygen atoms in total. The highest BCUT2D eigenvalue weighted by Crippen LogP contribution is 2.14. The molecule has 0 unspecified atom stereocenters. The molecule has 0 fully saturated rings. The van der Waals surface area contributed by atoms with Gasteiger partial charge in [-0.25, -0.2) is 5.01 Å². The molecule has 3 rings (SSSR count). The quantitative estimate of drug-likeness (QED) is 0.906. The summed E-state index contributed by atoms with van der Waals surface area (Å²) in [5.74, 6) is 1.44. The van der Waals surface area contributed by atoms with E-state index in [1.165, 1.54) is 5.01 Å². The predicted octanol–water partition coefficient (Wildman–Crippen LogP) is 1.20. The first-order chi connectivity index (χ1) is 10.6. The number of amides is 1. The molecule has 0 saturated heterocycles. The number of rotatable bonds is 4. The monoisotopic (exact) mass is 298 g/mol. The summed E-state index contributed by atoms with van der Waals surface area (Å²) in [6.07, 6.45) is 5.29. The molecule has 1 aromatic carbocycles. The summed E-state index contributed by atoms with van der Waals surface area (Å²) in [4.78, 5) is 13.8. The van der Waals surface area contributed by atoms with Crippen LogP contribution in [0.1, 0.15) is 5.56 Å². The van der Waals surface area contributed by atoms with Crippen molar-refractivity contribution in [3.05, 3.63) is 53.9 Å². The molecule has 0 aromatic heterocycles. The largest absolute Gasteiger partial charge is 0.492 e. The molecule has 0 aliphatic carbocycles. The van der Waals surface area contributed by atoms with Gasteiger partial charge >= 0.3 is 0 Å². The van der Waals surface area contributed by atoms with Gasteiger partial charge in [0.2, 0.25) is 0 Å². The van der Waals surface area contributed by atoms with Gasteiger partial charge in [0.05, 0.1) is 6.54 Å². The topological polar surface area (TPSA) is 71.2 Å². The lowest BCUT2D eigenvalue weighted by atomic mass is 10.2. The second-order valence-corrected chi connectivity index (χ2v) is 5.23. The third-order valence-corrected chi connectivity index (χ3v) is 3.40. The molecule has 1 amide bonds. The second-order valence-electron chi connectivity index (χ2n) is 5.23. The number of amidine groups is 1. The van der Waals surface area contributed by atoms with Gasteiger partial charge in [0.1, 0.15) is 18.9 Å². The second kappa shape index (κ2) is 5.93. The number of hydrazone groups is 1. The zero-order chi connectivity index (χ0) is 15.5. The molecule has 2 aliphatic rings. The van der Waals surface area contributed by atoms with E-state index in [0.717, 1.165) is 11.3 Å². The highest BCUT2D eigenvalue weighted by atomic mass is 16.5. The van der Waals surface area contributed by atoms with Gasteiger partial charge in [0.25, 0.3) is 5.91 Å². The van der Waals surface area contributed by atoms with Crippen LogP contribution in [0.25, 0.3) is 0 Å². The summed E-state index contributed by atoms with van der Waals surface area (Å²) < 4.78 is 5.66. The number of nitrogens with two attached hydrogens (primary N) is 1. The van der Waals surface area contributed by atoms with Crippen LogP contribution >= 0.6 is 0 Å². The average molecular weight is 298 g/mol. The highest BCUT2D eigenvalue weighted by Gasteiger charge is 2.25. The molecule has 0 bridgehead atoms. The van der Waals surface area contributed by atoms with E-state index in [2.05, 4.69) is 5.10 Å². The van der Waals surface area contributed by atoms with Crippen LogP contribution in [-0.4, -0.2) is 41.3 Å². The summed E-state index contributed by atoms with van der Waals surface area (Å²) in [6.45, 7) is 3.06. The van der Waals surface area contributed by atoms with Gasteiger partial charge in [0, 0.05) is 11.9 Å². The first kappa shape index (κ1) is 14.2. The van der Waals surface area contributed by atoms with Crippen LogP contribution in [0, 0.1) is 6.92 Å². The van der Waals surface area contributed by atoms with Crippen LogP contribution in [0.3, 0.4) is 0 Å². The molecule has 6 heteroatoms. The fourth-order valence-corrected chi connectivity index (χ4v) is 2.31. The third kappa shape index (κ3) is 3.11. The van der Waals surface area contributed by atoms with Gasteiger partial charge in [-0.1, -0.05) is 12.1 Å². The van der Waals surface area contributed by atoms with E-state index >= 15 is 0 Å². The van der Waals surface area contributed by atoms with E-state index in [1.807, 2.05) is 31.2 Å². The average Bonchev–Trinajstić information content (AvgIpc) is 2.48. The van der Waals surface area contributed by atoms with E-state index < -0.39 is 0 Å². The Hall–Kier alpha value is -2.76. The van der Waals surface area contributed by atoms with E-state index in [9.17, 15) is 4.79 Å². The van der Waals surface area contributed by atoms with Crippen LogP contribution < -0.4 is 10.5 Å². The Morgan fingerprint density at radius 3 is 3.05 bits per heavy atom. The van der Waals surface area contributed by atoms with Gasteiger partial charge in [-0.15, -0.1) is 0 Å². The van der Waals surface area contributed by atoms with Crippen LogP contribution in [-0.2, 0) is 4.79 Å². The zero-order valence-electron chi connectivity index (χ0n) is 12.4. The zero-order valence-corrected chi connectivity index (χ0v) is 12.4. The van der Waals surface area contributed by atoms with Crippen molar-refractivity contribution in [2.24, 2.45) is 10.8 Å². The summed E-state index contributed by atoms with van der Waals surface area (Å²) in [7, 11) is 0. The summed E-state index contributed by atoms with van der Waals surface area (Å²) in [6, 6.07) is 7.81. The lowest BCUT2D eigenvalue weighted by Crippen LogP contribution is -2.46. The van der Waals surface area contributed by atoms with Gasteiger partial charge in [-0.3, -0.25) is 4.79 Å². The predicted molar refractivity (Wildman–Crippen MR) is 83.9 cm³/mol. The highest BCUT2D eigenvalue weighted by molar-refractivity contribution is 6.00. The van der Waals surface area contributed by atoms with Gasteiger partial charge in [-0.05, 0) is 36.8 Å². The number of aryl methyl sites for hydroxylation is 1. The van der Waals surface area contributed by atoms with Crippen molar-refractivity contribution in [3.8, 4) is 5.75 Å². The molecule has 22 heavy (non-hydrogen) atoms. The lowest BCUT2D eigenvalue weighted by Gasteiger charge is -2.31. The number of allylic oxidation sites excluding steroid dienone is 1. The van der Waals surface area contributed by atoms with E-state index in [1.54, 1.807) is 23.3 Å². The number of fused-ring (bicyclic) bond motifs is 1. The number of hydrogen-bond acceptors (Lipinski definition) is 5. The maximum absolute atomic E-state index is 12.1. The first-order valence-electron chi connectivity index (χ1n) is 7.12. The number of benzene rings is 1. The number of nitrogens with zero attached hydrogens (tertiary/aromatic N) is 3. The van der Waals surface area contributed by atoms with Gasteiger partial charge in [0.15, 0.2) is 5.84 Å². The normalized spacial score (nSPS) is 17.0. The van der Waals surface area contributed by atoms with Crippen LogP contribution in [0.2, 0.25) is 0 Å². The number of hydrogen-bond donors (Lipinski definition) is 1. The van der Waals surface area contributed by atoms with E-state index in [4.69, 9.17) is 10.5 Å². The summed E-state index contributed by atoms with van der Waals surface area (Å²) in [5, 5.41) is 5.77. The molecule has 114 valence electrons. The van der Waals surface area contributed by atoms with Crippen molar-refractivity contribution in [3.63, 3.8) is 0 Å². The minimum Gasteiger partial charge on any atom is -0.492 e. The van der Waals surface area contributed by atoms with Crippen LogP contribution in [0.4, 0.5) is 0 Å². The standard InChI is InChI=1S/C16H18N4O2/c1-12-3-2-4-14(9-12)22-8-7-20-16(21)11-19-10-13(17)5-6-15(19)18-20/h2-6,9-10H,7-8,11,17H2,1H3. The number of carbonyl (C=O) groups excluding carboxylic acids is 1. The minimum atomic E-state index is -0.0732. The Labute approximate surface area is 129 Å². The minimum absolute atomic E-state index is 0.0732. The smallest absolute Gasteiger partial charge is 0.262 e. The molecule has 0 radical (unpaired) electrons. The molecular formula is C16H18N4O2. The Bertz CT molecular complexity index is 678.